The number of hydrogen-bond acceptors (Lipinski definition) is 7. The van der Waals surface area contributed by atoms with Gasteiger partial charge >= 0.3 is 18.1 Å². The highest BCUT2D eigenvalue weighted by atomic mass is 35.5. The predicted octanol–water partition coefficient (Wildman–Crippen LogP) is 4.43. The molecule has 39 heavy (non-hydrogen) atoms. The molecule has 0 unspecified atom stereocenters. The van der Waals surface area contributed by atoms with Crippen molar-refractivity contribution in [1.82, 2.24) is 5.32 Å². The van der Waals surface area contributed by atoms with Gasteiger partial charge in [-0.15, -0.1) is 0 Å². The lowest BCUT2D eigenvalue weighted by molar-refractivity contribution is -0.188. The molecule has 0 spiro atoms. The fraction of sp³-hybridized carbons (Fsp3) is 0.538. The minimum absolute atomic E-state index is 0.00274. The summed E-state index contributed by atoms with van der Waals surface area (Å²) in [6, 6.07) is 1.88. The van der Waals surface area contributed by atoms with E-state index in [1.807, 2.05) is 20.8 Å². The van der Waals surface area contributed by atoms with Gasteiger partial charge in [-0.3, -0.25) is 10.2 Å². The third-order valence-electron chi connectivity index (χ3n) is 5.69. The first kappa shape index (κ1) is 31.9. The molecule has 0 radical (unpaired) electrons. The van der Waals surface area contributed by atoms with Crippen molar-refractivity contribution in [2.75, 3.05) is 13.2 Å². The number of amides is 1. The Labute approximate surface area is 229 Å². The second-order valence-electron chi connectivity index (χ2n) is 10.1. The predicted molar refractivity (Wildman–Crippen MR) is 139 cm³/mol. The maximum atomic E-state index is 13.8. The summed E-state index contributed by atoms with van der Waals surface area (Å²) in [6.45, 7) is 5.80. The van der Waals surface area contributed by atoms with Crippen molar-refractivity contribution < 1.29 is 41.8 Å². The van der Waals surface area contributed by atoms with Crippen LogP contribution >= 0.6 is 11.6 Å². The van der Waals surface area contributed by atoms with Gasteiger partial charge < -0.3 is 25.3 Å². The van der Waals surface area contributed by atoms with Crippen LogP contribution in [0, 0.1) is 5.41 Å². The molecular weight excluding hydrogens is 543 g/mol. The number of rotatable bonds is 11. The van der Waals surface area contributed by atoms with Gasteiger partial charge in [-0.1, -0.05) is 38.8 Å². The number of benzene rings is 1. The molecule has 1 aromatic rings. The van der Waals surface area contributed by atoms with Crippen LogP contribution in [0.1, 0.15) is 64.5 Å². The Bertz CT molecular complexity index is 1130. The second kappa shape index (κ2) is 13.2. The summed E-state index contributed by atoms with van der Waals surface area (Å²) in [7, 11) is 0. The highest BCUT2D eigenvalue weighted by molar-refractivity contribution is 6.31. The molecule has 2 rings (SSSR count). The van der Waals surface area contributed by atoms with Crippen molar-refractivity contribution >= 4 is 41.4 Å². The standard InChI is InChI=1S/C26H33ClF3N3O6/c1-14(34)33-19(7-5-6-8-21(31)32)24(36)38-10-9-37-23(35)16-11-15-12-18(27)17(25(2,3)4)13-20(15)39-22(16)26(28,29)30/h11-13,19,22H,5-10H2,1-4H3,(H3,31,32)(H,33,34)/t19-,22-/m0/s1. The van der Waals surface area contributed by atoms with Crippen molar-refractivity contribution in [3.05, 3.63) is 33.9 Å². The number of carbonyl (C=O) groups is 3. The van der Waals surface area contributed by atoms with Gasteiger partial charge in [0.1, 0.15) is 25.0 Å². The van der Waals surface area contributed by atoms with Crippen molar-refractivity contribution in [2.45, 2.75) is 77.1 Å². The molecule has 1 heterocycles. The number of alkyl halides is 3. The minimum Gasteiger partial charge on any atom is -0.475 e. The summed E-state index contributed by atoms with van der Waals surface area (Å²) >= 11 is 6.33. The molecule has 0 bridgehead atoms. The zero-order valence-corrected chi connectivity index (χ0v) is 22.9. The molecule has 1 amide bonds. The van der Waals surface area contributed by atoms with Crippen molar-refractivity contribution in [2.24, 2.45) is 5.73 Å². The van der Waals surface area contributed by atoms with Crippen LogP contribution in [0.3, 0.4) is 0 Å². The van der Waals surface area contributed by atoms with Crippen LogP contribution in [-0.4, -0.2) is 55.2 Å². The van der Waals surface area contributed by atoms with E-state index in [4.69, 9.17) is 37.0 Å². The molecule has 1 aromatic carbocycles. The fourth-order valence-electron chi connectivity index (χ4n) is 3.82. The Morgan fingerprint density at radius 3 is 2.36 bits per heavy atom. The van der Waals surface area contributed by atoms with Crippen LogP contribution in [0.15, 0.2) is 17.7 Å². The van der Waals surface area contributed by atoms with Gasteiger partial charge in [0.25, 0.3) is 0 Å². The van der Waals surface area contributed by atoms with E-state index in [1.54, 1.807) is 0 Å². The number of fused-ring (bicyclic) bond motifs is 1. The Balaban J connectivity index is 2.06. The molecule has 0 aliphatic carbocycles. The summed E-state index contributed by atoms with van der Waals surface area (Å²) in [5.74, 6) is -2.62. The maximum Gasteiger partial charge on any atom is 0.430 e. The average Bonchev–Trinajstić information content (AvgIpc) is 2.80. The van der Waals surface area contributed by atoms with E-state index in [0.29, 0.717) is 29.8 Å². The lowest BCUT2D eigenvalue weighted by Crippen LogP contribution is -2.41. The van der Waals surface area contributed by atoms with E-state index in [2.05, 4.69) is 5.32 Å². The van der Waals surface area contributed by atoms with E-state index in [0.717, 1.165) is 6.08 Å². The van der Waals surface area contributed by atoms with Crippen LogP contribution in [0.25, 0.3) is 6.08 Å². The zero-order chi connectivity index (χ0) is 29.5. The Kier molecular flexibility index (Phi) is 10.8. The van der Waals surface area contributed by atoms with Crippen molar-refractivity contribution in [3.63, 3.8) is 0 Å². The first-order chi connectivity index (χ1) is 18.0. The van der Waals surface area contributed by atoms with Crippen LogP contribution in [0.4, 0.5) is 13.2 Å². The normalized spacial score (nSPS) is 15.8. The Hall–Kier alpha value is -3.28. The average molecular weight is 576 g/mol. The van der Waals surface area contributed by atoms with E-state index < -0.39 is 60.4 Å². The van der Waals surface area contributed by atoms with Crippen molar-refractivity contribution in [3.8, 4) is 5.75 Å². The van der Waals surface area contributed by atoms with Gasteiger partial charge in [-0.25, -0.2) is 9.59 Å². The van der Waals surface area contributed by atoms with Gasteiger partial charge in [-0.05, 0) is 42.0 Å². The van der Waals surface area contributed by atoms with Crippen LogP contribution in [0.2, 0.25) is 5.02 Å². The van der Waals surface area contributed by atoms with E-state index in [1.165, 1.54) is 19.1 Å². The molecule has 9 nitrogen and oxygen atoms in total. The highest BCUT2D eigenvalue weighted by Gasteiger charge is 2.49. The number of unbranched alkanes of at least 4 members (excludes halogenated alkanes) is 1. The number of nitrogens with one attached hydrogen (secondary N) is 2. The number of amidine groups is 1. The third kappa shape index (κ3) is 9.45. The first-order valence-electron chi connectivity index (χ1n) is 12.2. The largest absolute Gasteiger partial charge is 0.475 e. The van der Waals surface area contributed by atoms with Crippen LogP contribution in [0.5, 0.6) is 5.75 Å². The topological polar surface area (TPSA) is 141 Å². The summed E-state index contributed by atoms with van der Waals surface area (Å²) < 4.78 is 56.6. The van der Waals surface area contributed by atoms with Gasteiger partial charge in [0, 0.05) is 23.9 Å². The summed E-state index contributed by atoms with van der Waals surface area (Å²) in [6.07, 6.45) is -4.88. The van der Waals surface area contributed by atoms with E-state index >= 15 is 0 Å². The molecule has 0 aromatic heterocycles. The third-order valence-corrected chi connectivity index (χ3v) is 6.00. The van der Waals surface area contributed by atoms with Gasteiger partial charge in [0.05, 0.1) is 11.4 Å². The molecule has 1 aliphatic heterocycles. The first-order valence-corrected chi connectivity index (χ1v) is 12.6. The van der Waals surface area contributed by atoms with E-state index in [-0.39, 0.29) is 23.6 Å². The van der Waals surface area contributed by atoms with Gasteiger partial charge in [0.15, 0.2) is 0 Å². The molecular formula is C26H33ClF3N3O6. The number of esters is 2. The quantitative estimate of drug-likeness (QED) is 0.153. The Morgan fingerprint density at radius 1 is 1.15 bits per heavy atom. The second-order valence-corrected chi connectivity index (χ2v) is 10.5. The van der Waals surface area contributed by atoms with E-state index in [9.17, 15) is 27.6 Å². The SMILES string of the molecule is CC(=O)N[C@@H](CCCCC(=N)N)C(=O)OCCOC(=O)C1=Cc2cc(Cl)c(C(C)(C)C)cc2O[C@@H]1C(F)(F)F. The molecule has 216 valence electrons. The van der Waals surface area contributed by atoms with Crippen LogP contribution in [-0.2, 0) is 29.3 Å². The summed E-state index contributed by atoms with van der Waals surface area (Å²) in [5, 5.41) is 9.97. The van der Waals surface area contributed by atoms with Crippen LogP contribution < -0.4 is 15.8 Å². The molecule has 1 aliphatic rings. The smallest absolute Gasteiger partial charge is 0.430 e. The molecule has 0 saturated heterocycles. The molecule has 0 fully saturated rings. The van der Waals surface area contributed by atoms with Gasteiger partial charge in [0.2, 0.25) is 12.0 Å². The Morgan fingerprint density at radius 2 is 1.79 bits per heavy atom. The molecule has 4 N–H and O–H groups in total. The number of nitrogens with two attached hydrogens (primary N) is 1. The number of hydrogen-bond donors (Lipinski definition) is 3. The number of ether oxygens (including phenoxy) is 3. The summed E-state index contributed by atoms with van der Waals surface area (Å²) in [5.41, 5.74) is 4.83. The zero-order valence-electron chi connectivity index (χ0n) is 22.2. The minimum atomic E-state index is -4.91. The highest BCUT2D eigenvalue weighted by Crippen LogP contribution is 2.42. The summed E-state index contributed by atoms with van der Waals surface area (Å²) in [4.78, 5) is 36.4. The number of halogens is 4. The lowest BCUT2D eigenvalue weighted by atomic mass is 9.85. The number of carbonyl (C=O) groups excluding carboxylic acids is 3. The fourth-order valence-corrected chi connectivity index (χ4v) is 4.28. The van der Waals surface area contributed by atoms with Crippen molar-refractivity contribution in [1.29, 1.82) is 5.41 Å². The molecule has 13 heteroatoms. The lowest BCUT2D eigenvalue weighted by Gasteiger charge is -2.30. The molecule has 2 atom stereocenters. The molecule has 0 saturated carbocycles. The monoisotopic (exact) mass is 575 g/mol. The van der Waals surface area contributed by atoms with Gasteiger partial charge in [-0.2, -0.15) is 13.2 Å². The maximum absolute atomic E-state index is 13.8.